The lowest BCUT2D eigenvalue weighted by atomic mass is 10.0. The third-order valence-electron chi connectivity index (χ3n) is 2.99. The second-order valence-corrected chi connectivity index (χ2v) is 4.61. The average Bonchev–Trinajstić information content (AvgIpc) is 2.99. The van der Waals surface area contributed by atoms with Crippen molar-refractivity contribution >= 4 is 11.7 Å². The zero-order valence-electron chi connectivity index (χ0n) is 11.6. The molecule has 2 rings (SSSR count). The van der Waals surface area contributed by atoms with Crippen LogP contribution in [0.2, 0.25) is 0 Å². The largest absolute Gasteiger partial charge is 0.313 e. The molecule has 21 heavy (non-hydrogen) atoms. The number of benzene rings is 1. The standard InChI is InChI=1S/C13H16N6O2/c1-10(20)16-13(14,19-9-15-17-18-19)12(21)8-7-11-5-3-2-4-6-11/h2-6,9H,7-8,14H2,1H3,(H,16,20). The number of ketones is 1. The van der Waals surface area contributed by atoms with E-state index in [1.807, 2.05) is 30.3 Å². The number of Topliss-reactive ketones (excluding diaryl/α,β-unsaturated/α-hetero) is 1. The van der Waals surface area contributed by atoms with E-state index in [-0.39, 0.29) is 12.2 Å². The number of tetrazole rings is 1. The number of hydrogen-bond acceptors (Lipinski definition) is 6. The molecule has 0 aliphatic rings. The van der Waals surface area contributed by atoms with Gasteiger partial charge in [0.25, 0.3) is 0 Å². The van der Waals surface area contributed by atoms with Crippen molar-refractivity contribution in [3.8, 4) is 0 Å². The minimum atomic E-state index is -1.77. The first-order valence-corrected chi connectivity index (χ1v) is 6.40. The van der Waals surface area contributed by atoms with Gasteiger partial charge in [-0.1, -0.05) is 30.3 Å². The van der Waals surface area contributed by atoms with Crippen LogP contribution in [-0.4, -0.2) is 31.9 Å². The van der Waals surface area contributed by atoms with Crippen LogP contribution in [0.15, 0.2) is 36.7 Å². The van der Waals surface area contributed by atoms with Crippen molar-refractivity contribution < 1.29 is 9.59 Å². The molecule has 0 saturated heterocycles. The van der Waals surface area contributed by atoms with E-state index < -0.39 is 11.7 Å². The van der Waals surface area contributed by atoms with Crippen LogP contribution in [0.3, 0.4) is 0 Å². The first-order chi connectivity index (χ1) is 10.0. The van der Waals surface area contributed by atoms with Gasteiger partial charge in [0.1, 0.15) is 6.33 Å². The molecule has 110 valence electrons. The molecular weight excluding hydrogens is 272 g/mol. The van der Waals surface area contributed by atoms with Crippen LogP contribution in [0.1, 0.15) is 18.9 Å². The summed E-state index contributed by atoms with van der Waals surface area (Å²) in [6, 6.07) is 9.52. The molecule has 0 aliphatic heterocycles. The predicted octanol–water partition coefficient (Wildman–Crippen LogP) is -0.420. The van der Waals surface area contributed by atoms with Gasteiger partial charge in [0.15, 0.2) is 5.78 Å². The molecule has 3 N–H and O–H groups in total. The summed E-state index contributed by atoms with van der Waals surface area (Å²) in [5.74, 6) is -2.60. The van der Waals surface area contributed by atoms with E-state index in [0.717, 1.165) is 10.2 Å². The number of nitrogens with one attached hydrogen (secondary N) is 1. The number of nitrogens with two attached hydrogens (primary N) is 1. The van der Waals surface area contributed by atoms with Crippen LogP contribution in [0.4, 0.5) is 0 Å². The van der Waals surface area contributed by atoms with Crippen LogP contribution in [0, 0.1) is 0 Å². The molecule has 1 amide bonds. The summed E-state index contributed by atoms with van der Waals surface area (Å²) in [4.78, 5) is 23.7. The molecule has 2 aromatic rings. The molecule has 0 fully saturated rings. The van der Waals surface area contributed by atoms with E-state index >= 15 is 0 Å². The Labute approximate surface area is 121 Å². The van der Waals surface area contributed by atoms with Crippen LogP contribution in [-0.2, 0) is 21.8 Å². The number of hydrogen-bond donors (Lipinski definition) is 2. The van der Waals surface area contributed by atoms with Crippen molar-refractivity contribution in [3.63, 3.8) is 0 Å². The summed E-state index contributed by atoms with van der Waals surface area (Å²) in [5.41, 5.74) is 7.02. The van der Waals surface area contributed by atoms with Crippen molar-refractivity contribution in [2.45, 2.75) is 25.6 Å². The highest BCUT2D eigenvalue weighted by Gasteiger charge is 2.37. The van der Waals surface area contributed by atoms with Crippen molar-refractivity contribution in [1.29, 1.82) is 0 Å². The van der Waals surface area contributed by atoms with Crippen LogP contribution >= 0.6 is 0 Å². The lowest BCUT2D eigenvalue weighted by molar-refractivity contribution is -0.136. The van der Waals surface area contributed by atoms with Gasteiger partial charge in [0.2, 0.25) is 11.7 Å². The second-order valence-electron chi connectivity index (χ2n) is 4.61. The lowest BCUT2D eigenvalue weighted by Gasteiger charge is -2.27. The first kappa shape index (κ1) is 14.8. The highest BCUT2D eigenvalue weighted by Crippen LogP contribution is 2.11. The lowest BCUT2D eigenvalue weighted by Crippen LogP contribution is -2.62. The molecule has 0 radical (unpaired) electrons. The first-order valence-electron chi connectivity index (χ1n) is 6.40. The van der Waals surface area contributed by atoms with Crippen LogP contribution in [0.5, 0.6) is 0 Å². The summed E-state index contributed by atoms with van der Waals surface area (Å²) in [6.45, 7) is 1.27. The molecule has 1 atom stereocenters. The number of aryl methyl sites for hydroxylation is 1. The number of amides is 1. The second kappa shape index (κ2) is 6.23. The molecule has 0 aliphatic carbocycles. The number of rotatable bonds is 6. The topological polar surface area (TPSA) is 116 Å². The monoisotopic (exact) mass is 288 g/mol. The third kappa shape index (κ3) is 3.48. The Morgan fingerprint density at radius 3 is 2.62 bits per heavy atom. The predicted molar refractivity (Wildman–Crippen MR) is 73.6 cm³/mol. The van der Waals surface area contributed by atoms with E-state index in [0.29, 0.717) is 6.42 Å². The van der Waals surface area contributed by atoms with Gasteiger partial charge in [0, 0.05) is 13.3 Å². The van der Waals surface area contributed by atoms with Gasteiger partial charge in [0.05, 0.1) is 0 Å². The van der Waals surface area contributed by atoms with Gasteiger partial charge in [-0.2, -0.15) is 4.68 Å². The molecule has 0 saturated carbocycles. The van der Waals surface area contributed by atoms with Gasteiger partial charge in [-0.15, -0.1) is 5.10 Å². The van der Waals surface area contributed by atoms with E-state index in [4.69, 9.17) is 5.73 Å². The molecular formula is C13H16N6O2. The minimum Gasteiger partial charge on any atom is -0.313 e. The van der Waals surface area contributed by atoms with Crippen LogP contribution in [0.25, 0.3) is 0 Å². The summed E-state index contributed by atoms with van der Waals surface area (Å²) < 4.78 is 1.04. The molecule has 1 unspecified atom stereocenters. The number of carbonyl (C=O) groups is 2. The van der Waals surface area contributed by atoms with E-state index in [9.17, 15) is 9.59 Å². The maximum Gasteiger partial charge on any atom is 0.250 e. The fourth-order valence-electron chi connectivity index (χ4n) is 1.94. The van der Waals surface area contributed by atoms with E-state index in [1.54, 1.807) is 0 Å². The number of aromatic nitrogens is 4. The highest BCUT2D eigenvalue weighted by molar-refractivity contribution is 5.89. The van der Waals surface area contributed by atoms with Crippen molar-refractivity contribution in [2.24, 2.45) is 5.73 Å². The fraction of sp³-hybridized carbons (Fsp3) is 0.308. The average molecular weight is 288 g/mol. The molecule has 1 heterocycles. The number of carbonyl (C=O) groups excluding carboxylic acids is 2. The Morgan fingerprint density at radius 1 is 1.33 bits per heavy atom. The van der Waals surface area contributed by atoms with Crippen molar-refractivity contribution in [3.05, 3.63) is 42.2 Å². The summed E-state index contributed by atoms with van der Waals surface area (Å²) >= 11 is 0. The summed E-state index contributed by atoms with van der Waals surface area (Å²) in [5, 5.41) is 12.9. The quantitative estimate of drug-likeness (QED) is 0.697. The van der Waals surface area contributed by atoms with Crippen LogP contribution < -0.4 is 11.1 Å². The Hall–Kier alpha value is -2.61. The van der Waals surface area contributed by atoms with Gasteiger partial charge < -0.3 is 5.32 Å². The van der Waals surface area contributed by atoms with Gasteiger partial charge in [-0.05, 0) is 22.4 Å². The highest BCUT2D eigenvalue weighted by atomic mass is 16.2. The Balaban J connectivity index is 2.13. The normalized spacial score (nSPS) is 13.4. The molecule has 1 aromatic heterocycles. The Kier molecular flexibility index (Phi) is 4.39. The summed E-state index contributed by atoms with van der Waals surface area (Å²) in [7, 11) is 0. The number of nitrogens with zero attached hydrogens (tertiary/aromatic N) is 4. The SMILES string of the molecule is CC(=O)NC(N)(C(=O)CCc1ccccc1)n1cnnn1. The molecule has 8 heteroatoms. The molecule has 1 aromatic carbocycles. The van der Waals surface area contributed by atoms with Crippen molar-refractivity contribution in [2.75, 3.05) is 0 Å². The molecule has 0 bridgehead atoms. The van der Waals surface area contributed by atoms with Gasteiger partial charge >= 0.3 is 0 Å². The maximum absolute atomic E-state index is 12.4. The minimum absolute atomic E-state index is 0.153. The van der Waals surface area contributed by atoms with E-state index in [1.165, 1.54) is 13.3 Å². The maximum atomic E-state index is 12.4. The zero-order valence-corrected chi connectivity index (χ0v) is 11.6. The third-order valence-corrected chi connectivity index (χ3v) is 2.99. The molecule has 0 spiro atoms. The Morgan fingerprint density at radius 2 is 2.05 bits per heavy atom. The smallest absolute Gasteiger partial charge is 0.250 e. The Bertz CT molecular complexity index is 613. The fourth-order valence-corrected chi connectivity index (χ4v) is 1.94. The molecule has 8 nitrogen and oxygen atoms in total. The van der Waals surface area contributed by atoms with Crippen molar-refractivity contribution in [1.82, 2.24) is 25.5 Å². The van der Waals surface area contributed by atoms with Gasteiger partial charge in [-0.3, -0.25) is 15.3 Å². The summed E-state index contributed by atoms with van der Waals surface area (Å²) in [6.07, 6.45) is 1.86. The zero-order chi connectivity index (χ0) is 15.3. The van der Waals surface area contributed by atoms with Gasteiger partial charge in [-0.25, -0.2) is 0 Å². The van der Waals surface area contributed by atoms with E-state index in [2.05, 4.69) is 20.8 Å².